The number of pyridine rings is 1. The Labute approximate surface area is 71.1 Å². The van der Waals surface area contributed by atoms with Crippen LogP contribution in [0.5, 0.6) is 0 Å². The highest BCUT2D eigenvalue weighted by atomic mass is 16.3. The number of carbonyl (C=O) groups is 1. The van der Waals surface area contributed by atoms with E-state index in [-0.39, 0.29) is 12.2 Å². The van der Waals surface area contributed by atoms with E-state index >= 15 is 0 Å². The van der Waals surface area contributed by atoms with Crippen LogP contribution >= 0.6 is 0 Å². The van der Waals surface area contributed by atoms with E-state index in [4.69, 9.17) is 5.11 Å². The molecule has 1 rings (SSSR count). The van der Waals surface area contributed by atoms with Crippen LogP contribution in [-0.4, -0.2) is 22.0 Å². The van der Waals surface area contributed by atoms with Gasteiger partial charge < -0.3 is 5.11 Å². The number of aliphatic hydroxyl groups is 1. The normalized spacial score (nSPS) is 12.5. The van der Waals surface area contributed by atoms with E-state index in [1.165, 1.54) is 6.92 Å². The van der Waals surface area contributed by atoms with Gasteiger partial charge in [0.1, 0.15) is 6.10 Å². The van der Waals surface area contributed by atoms with Crippen molar-refractivity contribution in [2.24, 2.45) is 0 Å². The fourth-order valence-electron chi connectivity index (χ4n) is 0.829. The van der Waals surface area contributed by atoms with Crippen LogP contribution in [-0.2, 0) is 11.2 Å². The van der Waals surface area contributed by atoms with Gasteiger partial charge in [-0.05, 0) is 19.1 Å². The molecule has 0 saturated heterocycles. The molecule has 0 radical (unpaired) electrons. The molecule has 12 heavy (non-hydrogen) atoms. The van der Waals surface area contributed by atoms with Crippen molar-refractivity contribution in [3.05, 3.63) is 30.1 Å². The minimum absolute atomic E-state index is 0.200. The predicted octanol–water partition coefficient (Wildman–Crippen LogP) is 0.574. The second-order valence-corrected chi connectivity index (χ2v) is 2.64. The largest absolute Gasteiger partial charge is 0.386 e. The molecule has 1 unspecified atom stereocenters. The second kappa shape index (κ2) is 3.97. The molecular weight excluding hydrogens is 154 g/mol. The fourth-order valence-corrected chi connectivity index (χ4v) is 0.829. The van der Waals surface area contributed by atoms with Crippen LogP contribution in [0.4, 0.5) is 0 Å². The summed E-state index contributed by atoms with van der Waals surface area (Å²) in [5.74, 6) is -0.200. The summed E-state index contributed by atoms with van der Waals surface area (Å²) >= 11 is 0. The molecule has 64 valence electrons. The van der Waals surface area contributed by atoms with Gasteiger partial charge in [0.25, 0.3) is 0 Å². The highest BCUT2D eigenvalue weighted by Crippen LogP contribution is 1.97. The van der Waals surface area contributed by atoms with Gasteiger partial charge >= 0.3 is 0 Å². The van der Waals surface area contributed by atoms with Crippen molar-refractivity contribution in [3.8, 4) is 0 Å². The molecule has 0 aliphatic heterocycles. The number of nitrogens with zero attached hydrogens (tertiary/aromatic N) is 1. The van der Waals surface area contributed by atoms with Gasteiger partial charge in [0.05, 0.1) is 6.42 Å². The molecule has 3 nitrogen and oxygen atoms in total. The topological polar surface area (TPSA) is 50.2 Å². The third kappa shape index (κ3) is 2.43. The molecule has 0 spiro atoms. The van der Waals surface area contributed by atoms with E-state index < -0.39 is 6.10 Å². The predicted molar refractivity (Wildman–Crippen MR) is 44.6 cm³/mol. The van der Waals surface area contributed by atoms with Gasteiger partial charge in [-0.2, -0.15) is 0 Å². The van der Waals surface area contributed by atoms with Gasteiger partial charge in [-0.15, -0.1) is 0 Å². The quantitative estimate of drug-likeness (QED) is 0.712. The summed E-state index contributed by atoms with van der Waals surface area (Å²) in [5.41, 5.74) is 0.698. The van der Waals surface area contributed by atoms with E-state index in [0.717, 1.165) is 0 Å². The summed E-state index contributed by atoms with van der Waals surface area (Å²) < 4.78 is 0. The van der Waals surface area contributed by atoms with Crippen LogP contribution in [0.25, 0.3) is 0 Å². The van der Waals surface area contributed by atoms with Crippen molar-refractivity contribution < 1.29 is 9.90 Å². The molecule has 1 aromatic rings. The molecular formula is C9H11NO2. The number of aromatic nitrogens is 1. The van der Waals surface area contributed by atoms with Crippen molar-refractivity contribution in [2.45, 2.75) is 19.4 Å². The standard InChI is InChI=1S/C9H11NO2/c1-7(11)9(12)6-8-4-2-3-5-10-8/h2-5,7,11H,6H2,1H3. The molecule has 1 atom stereocenters. The monoisotopic (exact) mass is 165 g/mol. The summed E-state index contributed by atoms with van der Waals surface area (Å²) in [6, 6.07) is 5.37. The summed E-state index contributed by atoms with van der Waals surface area (Å²) in [5, 5.41) is 8.90. The highest BCUT2D eigenvalue weighted by molar-refractivity contribution is 5.84. The first kappa shape index (κ1) is 8.87. The summed E-state index contributed by atoms with van der Waals surface area (Å²) in [6.45, 7) is 1.46. The van der Waals surface area contributed by atoms with Crippen LogP contribution in [0.3, 0.4) is 0 Å². The maximum atomic E-state index is 11.0. The van der Waals surface area contributed by atoms with E-state index in [0.29, 0.717) is 5.69 Å². The molecule has 0 amide bonds. The molecule has 1 aromatic heterocycles. The number of hydrogen-bond acceptors (Lipinski definition) is 3. The van der Waals surface area contributed by atoms with Gasteiger partial charge in [-0.25, -0.2) is 0 Å². The highest BCUT2D eigenvalue weighted by Gasteiger charge is 2.09. The van der Waals surface area contributed by atoms with Crippen molar-refractivity contribution in [1.29, 1.82) is 0 Å². The molecule has 0 fully saturated rings. The Kier molecular flexibility index (Phi) is 2.94. The maximum Gasteiger partial charge on any atom is 0.166 e. The molecule has 1 heterocycles. The Morgan fingerprint density at radius 2 is 2.42 bits per heavy atom. The number of aliphatic hydroxyl groups excluding tert-OH is 1. The van der Waals surface area contributed by atoms with Gasteiger partial charge in [-0.1, -0.05) is 6.07 Å². The average Bonchev–Trinajstić information content (AvgIpc) is 2.06. The van der Waals surface area contributed by atoms with Crippen LogP contribution in [0, 0.1) is 0 Å². The molecule has 0 aromatic carbocycles. The Bertz CT molecular complexity index is 256. The molecule has 0 aliphatic rings. The lowest BCUT2D eigenvalue weighted by atomic mass is 10.1. The first-order valence-electron chi connectivity index (χ1n) is 3.81. The Morgan fingerprint density at radius 3 is 2.92 bits per heavy atom. The van der Waals surface area contributed by atoms with E-state index in [9.17, 15) is 4.79 Å². The van der Waals surface area contributed by atoms with Crippen molar-refractivity contribution in [3.63, 3.8) is 0 Å². The lowest BCUT2D eigenvalue weighted by molar-refractivity contribution is -0.125. The van der Waals surface area contributed by atoms with Gasteiger partial charge in [0.2, 0.25) is 0 Å². The fraction of sp³-hybridized carbons (Fsp3) is 0.333. The zero-order valence-electron chi connectivity index (χ0n) is 6.90. The lowest BCUT2D eigenvalue weighted by Gasteiger charge is -2.01. The van der Waals surface area contributed by atoms with Gasteiger partial charge in [-0.3, -0.25) is 9.78 Å². The zero-order chi connectivity index (χ0) is 8.97. The summed E-state index contributed by atoms with van der Waals surface area (Å²) in [6.07, 6.45) is 0.940. The van der Waals surface area contributed by atoms with Gasteiger partial charge in [0, 0.05) is 11.9 Å². The van der Waals surface area contributed by atoms with Crippen molar-refractivity contribution in [2.75, 3.05) is 0 Å². The lowest BCUT2D eigenvalue weighted by Crippen LogP contribution is -2.18. The Morgan fingerprint density at radius 1 is 1.67 bits per heavy atom. The summed E-state index contributed by atoms with van der Waals surface area (Å²) in [7, 11) is 0. The molecule has 0 aliphatic carbocycles. The van der Waals surface area contributed by atoms with E-state index in [1.807, 2.05) is 6.07 Å². The third-order valence-electron chi connectivity index (χ3n) is 1.55. The first-order chi connectivity index (χ1) is 5.70. The molecule has 1 N–H and O–H groups in total. The zero-order valence-corrected chi connectivity index (χ0v) is 6.90. The number of rotatable bonds is 3. The van der Waals surface area contributed by atoms with Crippen LogP contribution in [0.1, 0.15) is 12.6 Å². The van der Waals surface area contributed by atoms with Gasteiger partial charge in [0.15, 0.2) is 5.78 Å². The molecule has 3 heteroatoms. The van der Waals surface area contributed by atoms with Crippen molar-refractivity contribution in [1.82, 2.24) is 4.98 Å². The number of hydrogen-bond donors (Lipinski definition) is 1. The van der Waals surface area contributed by atoms with E-state index in [2.05, 4.69) is 4.98 Å². The Hall–Kier alpha value is -1.22. The molecule has 0 saturated carbocycles. The minimum atomic E-state index is -0.896. The minimum Gasteiger partial charge on any atom is -0.386 e. The summed E-state index contributed by atoms with van der Waals surface area (Å²) in [4.78, 5) is 15.0. The number of carbonyl (C=O) groups excluding carboxylic acids is 1. The number of ketones is 1. The SMILES string of the molecule is CC(O)C(=O)Cc1ccccn1. The van der Waals surface area contributed by atoms with Crippen LogP contribution < -0.4 is 0 Å². The third-order valence-corrected chi connectivity index (χ3v) is 1.55. The van der Waals surface area contributed by atoms with Crippen LogP contribution in [0.15, 0.2) is 24.4 Å². The Balaban J connectivity index is 2.59. The number of Topliss-reactive ketones (excluding diaryl/α,β-unsaturated/α-hetero) is 1. The van der Waals surface area contributed by atoms with Crippen LogP contribution in [0.2, 0.25) is 0 Å². The smallest absolute Gasteiger partial charge is 0.166 e. The van der Waals surface area contributed by atoms with E-state index in [1.54, 1.807) is 18.3 Å². The first-order valence-corrected chi connectivity index (χ1v) is 3.81. The molecule has 0 bridgehead atoms. The van der Waals surface area contributed by atoms with Crippen molar-refractivity contribution >= 4 is 5.78 Å². The second-order valence-electron chi connectivity index (χ2n) is 2.64. The average molecular weight is 165 g/mol. The maximum absolute atomic E-state index is 11.0.